The van der Waals surface area contributed by atoms with Gasteiger partial charge in [-0.15, -0.1) is 0 Å². The first kappa shape index (κ1) is 11.9. The number of nitrogens with one attached hydrogen (secondary N) is 1. The number of halogens is 2. The Morgan fingerprint density at radius 2 is 2.13 bits per heavy atom. The molecule has 82 valence electrons. The molecule has 0 unspecified atom stereocenters. The highest BCUT2D eigenvalue weighted by Crippen LogP contribution is 2.41. The molecular formula is C10H12ClFN2O. The molecule has 0 spiro atoms. The van der Waals surface area contributed by atoms with Crippen LogP contribution in [0.4, 0.5) is 4.39 Å². The van der Waals surface area contributed by atoms with Gasteiger partial charge in [0.2, 0.25) is 5.91 Å². The molecule has 0 bridgehead atoms. The largest absolute Gasteiger partial charge is 0.310 e. The molecule has 0 aliphatic carbocycles. The van der Waals surface area contributed by atoms with Gasteiger partial charge in [0, 0.05) is 5.57 Å². The summed E-state index contributed by atoms with van der Waals surface area (Å²) in [5, 5.41) is 2.42. The zero-order chi connectivity index (χ0) is 11.8. The number of rotatable bonds is 2. The third-order valence-corrected chi connectivity index (χ3v) is 2.79. The molecule has 0 saturated carbocycles. The van der Waals surface area contributed by atoms with Crippen molar-refractivity contribution in [2.24, 2.45) is 10.4 Å². The Morgan fingerprint density at radius 3 is 2.53 bits per heavy atom. The number of nitrogens with zero attached hydrogens (tertiary/aromatic N) is 1. The van der Waals surface area contributed by atoms with Crippen molar-refractivity contribution in [2.75, 3.05) is 0 Å². The van der Waals surface area contributed by atoms with Crippen molar-refractivity contribution >= 4 is 24.2 Å². The van der Waals surface area contributed by atoms with Gasteiger partial charge in [-0.05, 0) is 27.5 Å². The molecule has 1 N–H and O–H groups in total. The highest BCUT2D eigenvalue weighted by atomic mass is 35.5. The predicted molar refractivity (Wildman–Crippen MR) is 58.2 cm³/mol. The second-order valence-electron chi connectivity index (χ2n) is 3.81. The van der Waals surface area contributed by atoms with Crippen molar-refractivity contribution < 1.29 is 9.18 Å². The zero-order valence-electron chi connectivity index (χ0n) is 8.82. The van der Waals surface area contributed by atoms with Gasteiger partial charge in [0.1, 0.15) is 11.6 Å². The second kappa shape index (κ2) is 3.77. The van der Waals surface area contributed by atoms with E-state index in [1.165, 1.54) is 6.92 Å². The number of hydrogen-bond donors (Lipinski definition) is 1. The Hall–Kier alpha value is -1.16. The molecule has 0 aromatic carbocycles. The number of hydrogen-bond acceptors (Lipinski definition) is 2. The van der Waals surface area contributed by atoms with Crippen molar-refractivity contribution in [1.82, 2.24) is 5.32 Å². The maximum absolute atomic E-state index is 13.0. The Bertz CT molecular complexity index is 392. The van der Waals surface area contributed by atoms with E-state index >= 15 is 0 Å². The summed E-state index contributed by atoms with van der Waals surface area (Å²) in [6.45, 7) is 7.85. The summed E-state index contributed by atoms with van der Waals surface area (Å²) in [5.41, 5.74) is -0.537. The Balaban J connectivity index is 3.40. The molecule has 1 aliphatic rings. The number of aliphatic imine (C=N–C) groups is 1. The van der Waals surface area contributed by atoms with Gasteiger partial charge in [-0.2, -0.15) is 0 Å². The molecule has 0 aromatic rings. The van der Waals surface area contributed by atoms with Crippen LogP contribution in [0.5, 0.6) is 0 Å². The van der Waals surface area contributed by atoms with Crippen LogP contribution < -0.4 is 5.32 Å². The summed E-state index contributed by atoms with van der Waals surface area (Å²) in [4.78, 5) is 15.2. The van der Waals surface area contributed by atoms with Crippen LogP contribution >= 0.6 is 11.6 Å². The average Bonchev–Trinajstić information content (AvgIpc) is 2.36. The molecular weight excluding hydrogens is 219 g/mol. The number of amides is 1. The standard InChI is InChI=1S/C10H12ClFN2O/c1-5(12)7(11)6-8(13-4)14-9(15)10(6,2)3/h4H2,1-3H3,(H,14,15)/b7-5-. The molecule has 1 aliphatic heterocycles. The maximum atomic E-state index is 13.0. The van der Waals surface area contributed by atoms with Gasteiger partial charge in [0.25, 0.3) is 0 Å². The van der Waals surface area contributed by atoms with E-state index in [0.29, 0.717) is 5.57 Å². The first-order valence-corrected chi connectivity index (χ1v) is 4.75. The molecule has 0 aromatic heterocycles. The van der Waals surface area contributed by atoms with Crippen LogP contribution in [-0.4, -0.2) is 12.6 Å². The highest BCUT2D eigenvalue weighted by molar-refractivity contribution is 6.33. The summed E-state index contributed by atoms with van der Waals surface area (Å²) in [7, 11) is 0. The first-order chi connectivity index (χ1) is 6.82. The second-order valence-corrected chi connectivity index (χ2v) is 4.19. The summed E-state index contributed by atoms with van der Waals surface area (Å²) in [6.07, 6.45) is 0. The van der Waals surface area contributed by atoms with Crippen LogP contribution in [0.3, 0.4) is 0 Å². The van der Waals surface area contributed by atoms with E-state index in [-0.39, 0.29) is 16.8 Å². The fourth-order valence-corrected chi connectivity index (χ4v) is 1.73. The van der Waals surface area contributed by atoms with Crippen LogP contribution in [-0.2, 0) is 4.79 Å². The van der Waals surface area contributed by atoms with Crippen molar-refractivity contribution in [3.05, 3.63) is 22.3 Å². The van der Waals surface area contributed by atoms with Crippen LogP contribution in [0, 0.1) is 5.41 Å². The van der Waals surface area contributed by atoms with Gasteiger partial charge in [0.05, 0.1) is 10.4 Å². The van der Waals surface area contributed by atoms with Crippen molar-refractivity contribution in [2.45, 2.75) is 20.8 Å². The Morgan fingerprint density at radius 1 is 1.60 bits per heavy atom. The minimum atomic E-state index is -0.888. The molecule has 3 nitrogen and oxygen atoms in total. The third kappa shape index (κ3) is 1.81. The van der Waals surface area contributed by atoms with E-state index in [2.05, 4.69) is 17.0 Å². The number of carbonyl (C=O) groups excluding carboxylic acids is 1. The quantitative estimate of drug-likeness (QED) is 0.728. The molecule has 15 heavy (non-hydrogen) atoms. The highest BCUT2D eigenvalue weighted by Gasteiger charge is 2.42. The summed E-state index contributed by atoms with van der Waals surface area (Å²) in [6, 6.07) is 0. The van der Waals surface area contributed by atoms with Gasteiger partial charge >= 0.3 is 0 Å². The molecule has 1 heterocycles. The Kier molecular flexibility index (Phi) is 3.00. The van der Waals surface area contributed by atoms with E-state index in [4.69, 9.17) is 11.6 Å². The van der Waals surface area contributed by atoms with Gasteiger partial charge in [-0.1, -0.05) is 11.6 Å². The number of allylic oxidation sites excluding steroid dienone is 2. The van der Waals surface area contributed by atoms with E-state index < -0.39 is 11.2 Å². The lowest BCUT2D eigenvalue weighted by atomic mass is 9.85. The molecule has 1 amide bonds. The topological polar surface area (TPSA) is 41.5 Å². The lowest BCUT2D eigenvalue weighted by molar-refractivity contribution is -0.125. The van der Waals surface area contributed by atoms with E-state index in [1.54, 1.807) is 13.8 Å². The lowest BCUT2D eigenvalue weighted by Crippen LogP contribution is -2.28. The van der Waals surface area contributed by atoms with E-state index in [1.807, 2.05) is 0 Å². The zero-order valence-corrected chi connectivity index (χ0v) is 9.57. The fraction of sp³-hybridized carbons (Fsp3) is 0.400. The monoisotopic (exact) mass is 230 g/mol. The summed E-state index contributed by atoms with van der Waals surface area (Å²) in [5.74, 6) is -0.580. The van der Waals surface area contributed by atoms with Gasteiger partial charge < -0.3 is 5.32 Å². The SMILES string of the molecule is C=NC1=C(/C(Cl)=C(\C)F)C(C)(C)C(=O)N1. The van der Waals surface area contributed by atoms with Crippen LogP contribution in [0.15, 0.2) is 27.2 Å². The molecule has 5 heteroatoms. The average molecular weight is 231 g/mol. The minimum absolute atomic E-state index is 0.0826. The lowest BCUT2D eigenvalue weighted by Gasteiger charge is -2.18. The third-order valence-electron chi connectivity index (χ3n) is 2.34. The van der Waals surface area contributed by atoms with Crippen molar-refractivity contribution in [3.8, 4) is 0 Å². The summed E-state index contributed by atoms with van der Waals surface area (Å²) < 4.78 is 13.0. The van der Waals surface area contributed by atoms with Gasteiger partial charge in [-0.25, -0.2) is 9.38 Å². The van der Waals surface area contributed by atoms with Crippen LogP contribution in [0.1, 0.15) is 20.8 Å². The number of carbonyl (C=O) groups is 1. The van der Waals surface area contributed by atoms with Crippen molar-refractivity contribution in [1.29, 1.82) is 0 Å². The molecule has 0 atom stereocenters. The summed E-state index contributed by atoms with van der Waals surface area (Å²) >= 11 is 5.81. The van der Waals surface area contributed by atoms with Gasteiger partial charge in [0.15, 0.2) is 0 Å². The smallest absolute Gasteiger partial charge is 0.235 e. The molecule has 0 radical (unpaired) electrons. The van der Waals surface area contributed by atoms with Crippen LogP contribution in [0.2, 0.25) is 0 Å². The fourth-order valence-electron chi connectivity index (χ4n) is 1.40. The van der Waals surface area contributed by atoms with Crippen LogP contribution in [0.25, 0.3) is 0 Å². The molecule has 0 fully saturated rings. The maximum Gasteiger partial charge on any atom is 0.235 e. The minimum Gasteiger partial charge on any atom is -0.310 e. The molecule has 1 rings (SSSR count). The van der Waals surface area contributed by atoms with E-state index in [0.717, 1.165) is 0 Å². The molecule has 0 saturated heterocycles. The normalized spacial score (nSPS) is 21.3. The van der Waals surface area contributed by atoms with Crippen molar-refractivity contribution in [3.63, 3.8) is 0 Å². The Labute approximate surface area is 92.7 Å². The first-order valence-electron chi connectivity index (χ1n) is 4.37. The van der Waals surface area contributed by atoms with Gasteiger partial charge in [-0.3, -0.25) is 4.79 Å². The predicted octanol–water partition coefficient (Wildman–Crippen LogP) is 2.49. The van der Waals surface area contributed by atoms with E-state index in [9.17, 15) is 9.18 Å².